The Bertz CT molecular complexity index is 296. The summed E-state index contributed by atoms with van der Waals surface area (Å²) in [5.41, 5.74) is 0. The lowest BCUT2D eigenvalue weighted by Crippen LogP contribution is -2.26. The number of nitrogens with one attached hydrogen (secondary N) is 1. The molecule has 0 radical (unpaired) electrons. The molecule has 0 fully saturated rings. The molecule has 0 saturated heterocycles. The van der Waals surface area contributed by atoms with Crippen molar-refractivity contribution in [2.75, 3.05) is 32.8 Å². The van der Waals surface area contributed by atoms with Crippen LogP contribution in [-0.4, -0.2) is 43.0 Å². The van der Waals surface area contributed by atoms with Crippen molar-refractivity contribution in [1.82, 2.24) is 9.55 Å². The molecule has 5 nitrogen and oxygen atoms in total. The van der Waals surface area contributed by atoms with E-state index in [9.17, 15) is 0 Å². The fourth-order valence-electron chi connectivity index (χ4n) is 1.75. The third-order valence-corrected chi connectivity index (χ3v) is 2.59. The average molecular weight is 241 g/mol. The largest absolute Gasteiger partial charge is 0.383 e. The summed E-state index contributed by atoms with van der Waals surface area (Å²) in [7, 11) is 3.43. The molecule has 0 saturated carbocycles. The summed E-state index contributed by atoms with van der Waals surface area (Å²) in [6.07, 6.45) is 5.95. The first-order valence-electron chi connectivity index (χ1n) is 6.07. The number of anilines is 1. The van der Waals surface area contributed by atoms with E-state index in [-0.39, 0.29) is 0 Å². The predicted molar refractivity (Wildman–Crippen MR) is 68.3 cm³/mol. The zero-order chi connectivity index (χ0) is 12.5. The van der Waals surface area contributed by atoms with Gasteiger partial charge in [-0.2, -0.15) is 0 Å². The lowest BCUT2D eigenvalue weighted by molar-refractivity contribution is 0.180. The summed E-state index contributed by atoms with van der Waals surface area (Å²) in [4.78, 5) is 4.31. The maximum Gasteiger partial charge on any atom is 0.203 e. The predicted octanol–water partition coefficient (Wildman–Crippen LogP) is 1.76. The van der Waals surface area contributed by atoms with Gasteiger partial charge >= 0.3 is 0 Å². The Balaban J connectivity index is 2.55. The van der Waals surface area contributed by atoms with Crippen molar-refractivity contribution in [3.63, 3.8) is 0 Å². The van der Waals surface area contributed by atoms with Crippen molar-refractivity contribution < 1.29 is 9.47 Å². The summed E-state index contributed by atoms with van der Waals surface area (Å²) < 4.78 is 12.3. The molecule has 5 heteroatoms. The Morgan fingerprint density at radius 1 is 1.41 bits per heavy atom. The molecule has 0 amide bonds. The van der Waals surface area contributed by atoms with E-state index in [2.05, 4.69) is 21.8 Å². The number of hydrogen-bond donors (Lipinski definition) is 1. The second kappa shape index (κ2) is 8.08. The molecule has 1 atom stereocenters. The van der Waals surface area contributed by atoms with E-state index in [1.54, 1.807) is 20.4 Å². The molecule has 0 aliphatic rings. The fraction of sp³-hybridized carbons (Fsp3) is 0.750. The summed E-state index contributed by atoms with van der Waals surface area (Å²) >= 11 is 0. The Hall–Kier alpha value is -1.07. The van der Waals surface area contributed by atoms with Crippen LogP contribution in [0.5, 0.6) is 0 Å². The molecule has 0 bridgehead atoms. The van der Waals surface area contributed by atoms with E-state index in [4.69, 9.17) is 9.47 Å². The molecule has 98 valence electrons. The fourth-order valence-corrected chi connectivity index (χ4v) is 1.75. The van der Waals surface area contributed by atoms with E-state index >= 15 is 0 Å². The third-order valence-electron chi connectivity index (χ3n) is 2.59. The van der Waals surface area contributed by atoms with Crippen LogP contribution in [0, 0.1) is 0 Å². The molecule has 1 aromatic heterocycles. The first-order valence-corrected chi connectivity index (χ1v) is 6.07. The van der Waals surface area contributed by atoms with Gasteiger partial charge in [-0.15, -0.1) is 0 Å². The number of hydrogen-bond acceptors (Lipinski definition) is 4. The van der Waals surface area contributed by atoms with Crippen molar-refractivity contribution in [1.29, 1.82) is 0 Å². The summed E-state index contributed by atoms with van der Waals surface area (Å²) in [6.45, 7) is 4.37. The minimum absolute atomic E-state index is 0.314. The molecule has 17 heavy (non-hydrogen) atoms. The van der Waals surface area contributed by atoms with Gasteiger partial charge in [-0.1, -0.05) is 13.3 Å². The second-order valence-electron chi connectivity index (χ2n) is 4.02. The minimum atomic E-state index is 0.314. The molecule has 1 aromatic rings. The van der Waals surface area contributed by atoms with Crippen LogP contribution in [0.4, 0.5) is 5.95 Å². The summed E-state index contributed by atoms with van der Waals surface area (Å²) in [5, 5.41) is 3.41. The molecule has 0 aliphatic carbocycles. The SMILES string of the molecule is CCCC(COC)Nc1nccn1CCOC. The molecule has 1 heterocycles. The monoisotopic (exact) mass is 241 g/mol. The Morgan fingerprint density at radius 3 is 2.88 bits per heavy atom. The first-order chi connectivity index (χ1) is 8.31. The molecular formula is C12H23N3O2. The van der Waals surface area contributed by atoms with Gasteiger partial charge in [0.15, 0.2) is 0 Å². The van der Waals surface area contributed by atoms with Gasteiger partial charge in [0.25, 0.3) is 0 Å². The van der Waals surface area contributed by atoms with Gasteiger partial charge in [0.2, 0.25) is 5.95 Å². The quantitative estimate of drug-likeness (QED) is 0.715. The first kappa shape index (κ1) is 14.0. The number of methoxy groups -OCH3 is 2. The number of nitrogens with zero attached hydrogens (tertiary/aromatic N) is 2. The summed E-state index contributed by atoms with van der Waals surface area (Å²) in [5.74, 6) is 0.887. The van der Waals surface area contributed by atoms with Crippen molar-refractivity contribution in [3.8, 4) is 0 Å². The van der Waals surface area contributed by atoms with Crippen LogP contribution in [0.1, 0.15) is 19.8 Å². The van der Waals surface area contributed by atoms with Crippen molar-refractivity contribution >= 4 is 5.95 Å². The maximum atomic E-state index is 5.20. The van der Waals surface area contributed by atoms with E-state index < -0.39 is 0 Å². The van der Waals surface area contributed by atoms with E-state index in [1.807, 2.05) is 6.20 Å². The second-order valence-corrected chi connectivity index (χ2v) is 4.02. The highest BCUT2D eigenvalue weighted by molar-refractivity contribution is 5.27. The van der Waals surface area contributed by atoms with E-state index in [0.717, 1.165) is 25.3 Å². The van der Waals surface area contributed by atoms with Crippen LogP contribution in [0.25, 0.3) is 0 Å². The van der Waals surface area contributed by atoms with Gasteiger partial charge in [0.05, 0.1) is 19.3 Å². The van der Waals surface area contributed by atoms with Crippen molar-refractivity contribution in [2.24, 2.45) is 0 Å². The van der Waals surface area contributed by atoms with Gasteiger partial charge < -0.3 is 19.4 Å². The van der Waals surface area contributed by atoms with Gasteiger partial charge in [-0.25, -0.2) is 4.98 Å². The van der Waals surface area contributed by atoms with Gasteiger partial charge in [-0.05, 0) is 6.42 Å². The molecule has 0 aliphatic heterocycles. The van der Waals surface area contributed by atoms with Crippen LogP contribution >= 0.6 is 0 Å². The van der Waals surface area contributed by atoms with E-state index in [1.165, 1.54) is 0 Å². The van der Waals surface area contributed by atoms with Gasteiger partial charge in [-0.3, -0.25) is 0 Å². The normalized spacial score (nSPS) is 12.6. The Morgan fingerprint density at radius 2 is 2.24 bits per heavy atom. The number of imidazole rings is 1. The van der Waals surface area contributed by atoms with Crippen LogP contribution in [0.15, 0.2) is 12.4 Å². The highest BCUT2D eigenvalue weighted by atomic mass is 16.5. The standard InChI is InChI=1S/C12H23N3O2/c1-4-5-11(10-17-3)14-12-13-6-7-15(12)8-9-16-2/h6-7,11H,4-5,8-10H2,1-3H3,(H,13,14). The van der Waals surface area contributed by atoms with Gasteiger partial charge in [0.1, 0.15) is 0 Å². The topological polar surface area (TPSA) is 48.3 Å². The number of ether oxygens (including phenoxy) is 2. The van der Waals surface area contributed by atoms with Crippen LogP contribution in [0.2, 0.25) is 0 Å². The number of aromatic nitrogens is 2. The minimum Gasteiger partial charge on any atom is -0.383 e. The Kier molecular flexibility index (Phi) is 6.65. The summed E-state index contributed by atoms with van der Waals surface area (Å²) in [6, 6.07) is 0.314. The van der Waals surface area contributed by atoms with Crippen LogP contribution < -0.4 is 5.32 Å². The van der Waals surface area contributed by atoms with Gasteiger partial charge in [0, 0.05) is 33.2 Å². The molecule has 1 unspecified atom stereocenters. The average Bonchev–Trinajstić information content (AvgIpc) is 2.74. The zero-order valence-corrected chi connectivity index (χ0v) is 11.0. The van der Waals surface area contributed by atoms with E-state index in [0.29, 0.717) is 19.3 Å². The smallest absolute Gasteiger partial charge is 0.203 e. The van der Waals surface area contributed by atoms with Crippen LogP contribution in [-0.2, 0) is 16.0 Å². The van der Waals surface area contributed by atoms with Crippen molar-refractivity contribution in [3.05, 3.63) is 12.4 Å². The molecule has 1 N–H and O–H groups in total. The third kappa shape index (κ3) is 4.75. The zero-order valence-electron chi connectivity index (χ0n) is 11.0. The number of rotatable bonds is 9. The highest BCUT2D eigenvalue weighted by Gasteiger charge is 2.10. The molecule has 0 spiro atoms. The Labute approximate surface area is 103 Å². The lowest BCUT2D eigenvalue weighted by Gasteiger charge is -2.18. The highest BCUT2D eigenvalue weighted by Crippen LogP contribution is 2.09. The molecular weight excluding hydrogens is 218 g/mol. The molecule has 0 aromatic carbocycles. The maximum absolute atomic E-state index is 5.20. The van der Waals surface area contributed by atoms with Crippen molar-refractivity contribution in [2.45, 2.75) is 32.4 Å². The molecule has 1 rings (SSSR count). The van der Waals surface area contributed by atoms with Crippen LogP contribution in [0.3, 0.4) is 0 Å². The lowest BCUT2D eigenvalue weighted by atomic mass is 10.2.